The maximum Gasteiger partial charge on any atom is 0.212 e. The summed E-state index contributed by atoms with van der Waals surface area (Å²) in [6, 6.07) is 15.3. The number of sulfonamides is 1. The van der Waals surface area contributed by atoms with E-state index in [2.05, 4.69) is 35.2 Å². The Hall–Kier alpha value is -1.40. The van der Waals surface area contributed by atoms with Gasteiger partial charge in [-0.05, 0) is 91.9 Å². The van der Waals surface area contributed by atoms with Crippen molar-refractivity contribution in [3.8, 4) is 0 Å². The highest BCUT2D eigenvalue weighted by Gasteiger charge is 2.40. The Kier molecular flexibility index (Phi) is 5.42. The number of nitrogens with zero attached hydrogens (tertiary/aromatic N) is 1. The lowest BCUT2D eigenvalue weighted by molar-refractivity contribution is 0.106. The maximum absolute atomic E-state index is 12.1. The second-order valence-electron chi connectivity index (χ2n) is 9.30. The lowest BCUT2D eigenvalue weighted by Gasteiger charge is -2.39. The van der Waals surface area contributed by atoms with Gasteiger partial charge in [-0.15, -0.1) is 0 Å². The lowest BCUT2D eigenvalue weighted by Crippen LogP contribution is -2.47. The van der Waals surface area contributed by atoms with E-state index in [9.17, 15) is 8.42 Å². The van der Waals surface area contributed by atoms with Crippen LogP contribution in [-0.4, -0.2) is 37.7 Å². The quantitative estimate of drug-likeness (QED) is 0.704. The molecular weight excluding hydrogens is 416 g/mol. The number of nitrogens with two attached hydrogens (primary N) is 1. The zero-order valence-electron chi connectivity index (χ0n) is 17.1. The average molecular weight is 445 g/mol. The molecule has 1 heterocycles. The highest BCUT2D eigenvalue weighted by molar-refractivity contribution is 7.89. The van der Waals surface area contributed by atoms with Crippen molar-refractivity contribution < 1.29 is 8.42 Å². The van der Waals surface area contributed by atoms with E-state index in [1.807, 2.05) is 12.1 Å². The Morgan fingerprint density at radius 1 is 1.10 bits per heavy atom. The van der Waals surface area contributed by atoms with Crippen molar-refractivity contribution in [3.05, 3.63) is 69.7 Å². The molecule has 2 aliphatic carbocycles. The van der Waals surface area contributed by atoms with Crippen LogP contribution in [0.4, 0.5) is 0 Å². The number of benzene rings is 2. The third kappa shape index (κ3) is 4.18. The van der Waals surface area contributed by atoms with E-state index in [1.54, 1.807) is 0 Å². The third-order valence-corrected chi connectivity index (χ3v) is 8.84. The van der Waals surface area contributed by atoms with E-state index in [0.29, 0.717) is 18.4 Å². The van der Waals surface area contributed by atoms with Crippen LogP contribution in [0.15, 0.2) is 42.5 Å². The molecule has 0 aromatic heterocycles. The molecule has 2 aromatic carbocycles. The molecule has 0 amide bonds. The van der Waals surface area contributed by atoms with E-state index in [4.69, 9.17) is 16.7 Å². The van der Waals surface area contributed by atoms with Crippen molar-refractivity contribution in [3.63, 3.8) is 0 Å². The minimum atomic E-state index is -3.52. The van der Waals surface area contributed by atoms with Crippen LogP contribution < -0.4 is 5.14 Å². The highest BCUT2D eigenvalue weighted by Crippen LogP contribution is 2.42. The largest absolute Gasteiger partial charge is 0.299 e. The molecule has 2 aromatic rings. The first-order valence-corrected chi connectivity index (χ1v) is 13.0. The second kappa shape index (κ2) is 7.94. The minimum absolute atomic E-state index is 0.226. The van der Waals surface area contributed by atoms with E-state index < -0.39 is 15.3 Å². The predicted molar refractivity (Wildman–Crippen MR) is 121 cm³/mol. The van der Waals surface area contributed by atoms with Crippen LogP contribution in [-0.2, 0) is 29.3 Å². The molecule has 4 nitrogen and oxygen atoms in total. The molecule has 3 aliphatic rings. The SMILES string of the molecule is NS(=O)(=O)C(Cc1ccc2c(c1)C(Cc1cccc(Cl)c1)C(N1CCC1)C2)C1CC1. The van der Waals surface area contributed by atoms with Crippen LogP contribution >= 0.6 is 11.6 Å². The first kappa shape index (κ1) is 20.5. The average Bonchev–Trinajstić information content (AvgIpc) is 3.42. The molecule has 2 fully saturated rings. The number of hydrogen-bond donors (Lipinski definition) is 1. The molecule has 1 aliphatic heterocycles. The highest BCUT2D eigenvalue weighted by atomic mass is 35.5. The Morgan fingerprint density at radius 3 is 2.53 bits per heavy atom. The molecule has 3 unspecified atom stereocenters. The molecule has 0 spiro atoms. The molecule has 30 heavy (non-hydrogen) atoms. The third-order valence-electron chi connectivity index (χ3n) is 7.21. The van der Waals surface area contributed by atoms with Gasteiger partial charge in [-0.2, -0.15) is 0 Å². The van der Waals surface area contributed by atoms with Gasteiger partial charge in [-0.1, -0.05) is 41.9 Å². The predicted octanol–water partition coefficient (Wildman–Crippen LogP) is 3.91. The fourth-order valence-electron chi connectivity index (χ4n) is 5.35. The van der Waals surface area contributed by atoms with Gasteiger partial charge >= 0.3 is 0 Å². The van der Waals surface area contributed by atoms with Gasteiger partial charge in [0.15, 0.2) is 0 Å². The van der Waals surface area contributed by atoms with Gasteiger partial charge in [0, 0.05) is 17.0 Å². The van der Waals surface area contributed by atoms with Crippen molar-refractivity contribution in [1.82, 2.24) is 4.90 Å². The molecule has 0 radical (unpaired) electrons. The number of hydrogen-bond acceptors (Lipinski definition) is 3. The van der Waals surface area contributed by atoms with E-state index >= 15 is 0 Å². The first-order chi connectivity index (χ1) is 14.4. The van der Waals surface area contributed by atoms with Crippen LogP contribution in [0, 0.1) is 5.92 Å². The van der Waals surface area contributed by atoms with Crippen molar-refractivity contribution in [2.24, 2.45) is 11.1 Å². The van der Waals surface area contributed by atoms with Gasteiger partial charge in [0.25, 0.3) is 0 Å². The summed E-state index contributed by atoms with van der Waals surface area (Å²) >= 11 is 6.25. The van der Waals surface area contributed by atoms with Gasteiger partial charge in [0.2, 0.25) is 10.0 Å². The monoisotopic (exact) mass is 444 g/mol. The van der Waals surface area contributed by atoms with Crippen LogP contribution in [0.25, 0.3) is 0 Å². The second-order valence-corrected chi connectivity index (χ2v) is 11.5. The van der Waals surface area contributed by atoms with E-state index in [0.717, 1.165) is 36.3 Å². The number of likely N-dealkylation sites (tertiary alicyclic amines) is 1. The Labute approximate surface area is 184 Å². The summed E-state index contributed by atoms with van der Waals surface area (Å²) in [5, 5.41) is 5.89. The number of halogens is 1. The summed E-state index contributed by atoms with van der Waals surface area (Å²) in [7, 11) is -3.52. The summed E-state index contributed by atoms with van der Waals surface area (Å²) < 4.78 is 24.3. The fraction of sp³-hybridized carbons (Fsp3) is 0.500. The van der Waals surface area contributed by atoms with Crippen LogP contribution in [0.5, 0.6) is 0 Å². The summed E-state index contributed by atoms with van der Waals surface area (Å²) in [4.78, 5) is 2.60. The molecule has 2 N–H and O–H groups in total. The zero-order valence-corrected chi connectivity index (χ0v) is 18.7. The van der Waals surface area contributed by atoms with Crippen molar-refractivity contribution in [2.45, 2.75) is 55.7 Å². The van der Waals surface area contributed by atoms with Gasteiger partial charge in [-0.3, -0.25) is 4.90 Å². The summed E-state index contributed by atoms with van der Waals surface area (Å²) in [5.74, 6) is 0.636. The molecule has 5 rings (SSSR count). The van der Waals surface area contributed by atoms with Crippen molar-refractivity contribution in [2.75, 3.05) is 13.1 Å². The van der Waals surface area contributed by atoms with Gasteiger partial charge < -0.3 is 0 Å². The Balaban J connectivity index is 1.45. The smallest absolute Gasteiger partial charge is 0.212 e. The number of primary sulfonamides is 1. The van der Waals surface area contributed by atoms with Gasteiger partial charge in [0.1, 0.15) is 0 Å². The van der Waals surface area contributed by atoms with Crippen LogP contribution in [0.1, 0.15) is 47.4 Å². The standard InChI is InChI=1S/C24H29ClN2O2S/c25-20-4-1-3-16(11-20)13-22-21-12-17(14-24(18-7-8-18)30(26,28)29)5-6-19(21)15-23(22)27-9-2-10-27/h1,3-6,11-12,18,22-24H,2,7-10,13-15H2,(H2,26,28,29). The summed E-state index contributed by atoms with van der Waals surface area (Å²) in [5.41, 5.74) is 5.14. The topological polar surface area (TPSA) is 63.4 Å². The molecule has 3 atom stereocenters. The molecule has 0 bridgehead atoms. The zero-order chi connectivity index (χ0) is 20.9. The first-order valence-electron chi connectivity index (χ1n) is 11.0. The van der Waals surface area contributed by atoms with E-state index in [1.165, 1.54) is 36.2 Å². The molecule has 6 heteroatoms. The normalized spacial score (nSPS) is 25.0. The van der Waals surface area contributed by atoms with Crippen LogP contribution in [0.3, 0.4) is 0 Å². The minimum Gasteiger partial charge on any atom is -0.299 e. The summed E-state index contributed by atoms with van der Waals surface area (Å²) in [6.07, 6.45) is 5.77. The summed E-state index contributed by atoms with van der Waals surface area (Å²) in [6.45, 7) is 2.35. The number of fused-ring (bicyclic) bond motifs is 1. The molecule has 1 saturated carbocycles. The van der Waals surface area contributed by atoms with E-state index in [-0.39, 0.29) is 5.92 Å². The number of rotatable bonds is 7. The van der Waals surface area contributed by atoms with Crippen molar-refractivity contribution in [1.29, 1.82) is 0 Å². The lowest BCUT2D eigenvalue weighted by atomic mass is 9.88. The maximum atomic E-state index is 12.1. The fourth-order valence-corrected chi connectivity index (χ4v) is 6.79. The molecular formula is C24H29ClN2O2S. The Bertz CT molecular complexity index is 1050. The Morgan fingerprint density at radius 2 is 1.90 bits per heavy atom. The van der Waals surface area contributed by atoms with Crippen LogP contribution in [0.2, 0.25) is 5.02 Å². The molecule has 1 saturated heterocycles. The van der Waals surface area contributed by atoms with Crippen molar-refractivity contribution >= 4 is 21.6 Å². The van der Waals surface area contributed by atoms with Gasteiger partial charge in [0.05, 0.1) is 5.25 Å². The molecule has 160 valence electrons. The van der Waals surface area contributed by atoms with Gasteiger partial charge in [-0.25, -0.2) is 13.6 Å².